The van der Waals surface area contributed by atoms with Crippen LogP contribution < -0.4 is 0 Å². The van der Waals surface area contributed by atoms with E-state index in [2.05, 4.69) is 15.9 Å². The second-order valence-corrected chi connectivity index (χ2v) is 6.55. The lowest BCUT2D eigenvalue weighted by molar-refractivity contribution is -0.141. The summed E-state index contributed by atoms with van der Waals surface area (Å²) in [6.07, 6.45) is 0.0440. The van der Waals surface area contributed by atoms with Gasteiger partial charge in [0.1, 0.15) is 0 Å². The van der Waals surface area contributed by atoms with Crippen LogP contribution in [0.2, 0.25) is 0 Å². The van der Waals surface area contributed by atoms with Crippen LogP contribution in [0.5, 0.6) is 0 Å². The average Bonchev–Trinajstić information content (AvgIpc) is 2.72. The number of carboxylic acids is 1. The number of aryl methyl sites for hydroxylation is 1. The van der Waals surface area contributed by atoms with Gasteiger partial charge in [-0.1, -0.05) is 22.9 Å². The monoisotopic (exact) mass is 340 g/mol. The normalized spacial score (nSPS) is 12.6. The van der Waals surface area contributed by atoms with Gasteiger partial charge >= 0.3 is 5.97 Å². The van der Waals surface area contributed by atoms with E-state index in [1.165, 1.54) is 11.3 Å². The second-order valence-electron chi connectivity index (χ2n) is 4.62. The van der Waals surface area contributed by atoms with Gasteiger partial charge in [-0.05, 0) is 36.1 Å². The predicted molar refractivity (Wildman–Crippen MR) is 80.0 cm³/mol. The van der Waals surface area contributed by atoms with Crippen molar-refractivity contribution in [1.29, 1.82) is 0 Å². The van der Waals surface area contributed by atoms with Crippen LogP contribution in [0.15, 0.2) is 22.7 Å². The number of hydrogen-bond donors (Lipinski definition) is 1. The highest BCUT2D eigenvalue weighted by molar-refractivity contribution is 9.10. The molecule has 0 saturated carbocycles. The highest BCUT2D eigenvalue weighted by Crippen LogP contribution is 2.31. The van der Waals surface area contributed by atoms with Gasteiger partial charge in [-0.25, -0.2) is 0 Å². The Morgan fingerprint density at radius 1 is 1.37 bits per heavy atom. The first-order valence-corrected chi connectivity index (χ1v) is 7.45. The number of aliphatic carboxylic acids is 1. The topological polar surface area (TPSA) is 54.4 Å². The second kappa shape index (κ2) is 5.43. The minimum Gasteiger partial charge on any atom is -0.481 e. The molecule has 0 fully saturated rings. The molecule has 2 rings (SSSR count). The quantitative estimate of drug-likeness (QED) is 0.845. The molecule has 5 heteroatoms. The summed E-state index contributed by atoms with van der Waals surface area (Å²) in [7, 11) is 0. The molecular formula is C14H13BrO3S. The maximum Gasteiger partial charge on any atom is 0.306 e. The third-order valence-electron chi connectivity index (χ3n) is 2.99. The molecule has 0 aliphatic heterocycles. The zero-order valence-electron chi connectivity index (χ0n) is 10.6. The number of thiophene rings is 1. The SMILES string of the molecule is Cc1cc2sc(C(=O)CC(C)C(=O)O)cc2cc1Br. The molecule has 0 bridgehead atoms. The van der Waals surface area contributed by atoms with E-state index in [1.54, 1.807) is 6.92 Å². The van der Waals surface area contributed by atoms with Crippen molar-refractivity contribution in [3.8, 4) is 0 Å². The highest BCUT2D eigenvalue weighted by Gasteiger charge is 2.18. The van der Waals surface area contributed by atoms with Crippen LogP contribution >= 0.6 is 27.3 Å². The fraction of sp³-hybridized carbons (Fsp3) is 0.286. The zero-order valence-corrected chi connectivity index (χ0v) is 13.0. The first-order valence-electron chi connectivity index (χ1n) is 5.84. The van der Waals surface area contributed by atoms with Crippen LogP contribution in [-0.2, 0) is 4.79 Å². The summed E-state index contributed by atoms with van der Waals surface area (Å²) in [5.74, 6) is -1.69. The van der Waals surface area contributed by atoms with Gasteiger partial charge in [-0.3, -0.25) is 9.59 Å². The number of Topliss-reactive ketones (excluding diaryl/α,β-unsaturated/α-hetero) is 1. The van der Waals surface area contributed by atoms with Gasteiger partial charge in [-0.2, -0.15) is 0 Å². The Balaban J connectivity index is 2.31. The van der Waals surface area contributed by atoms with Gasteiger partial charge in [0.05, 0.1) is 10.8 Å². The first-order chi connectivity index (χ1) is 8.88. The Bertz CT molecular complexity index is 621. The Labute approximate surface area is 123 Å². The molecule has 1 aromatic carbocycles. The fourth-order valence-corrected chi connectivity index (χ4v) is 3.22. The van der Waals surface area contributed by atoms with E-state index in [9.17, 15) is 9.59 Å². The molecule has 0 aliphatic carbocycles. The van der Waals surface area contributed by atoms with Crippen LogP contribution in [0.4, 0.5) is 0 Å². The molecule has 19 heavy (non-hydrogen) atoms. The van der Waals surface area contributed by atoms with Gasteiger partial charge in [0.2, 0.25) is 0 Å². The van der Waals surface area contributed by atoms with Crippen molar-refractivity contribution in [3.63, 3.8) is 0 Å². The molecule has 1 heterocycles. The van der Waals surface area contributed by atoms with Gasteiger partial charge in [0.15, 0.2) is 5.78 Å². The molecule has 2 aromatic rings. The number of carboxylic acid groups (broad SMARTS) is 1. The third kappa shape index (κ3) is 3.04. The molecule has 0 aliphatic rings. The van der Waals surface area contributed by atoms with Gasteiger partial charge < -0.3 is 5.11 Å². The number of benzene rings is 1. The van der Waals surface area contributed by atoms with Crippen molar-refractivity contribution < 1.29 is 14.7 Å². The van der Waals surface area contributed by atoms with Crippen LogP contribution in [-0.4, -0.2) is 16.9 Å². The van der Waals surface area contributed by atoms with Crippen LogP contribution in [0, 0.1) is 12.8 Å². The van der Waals surface area contributed by atoms with Crippen molar-refractivity contribution in [2.45, 2.75) is 20.3 Å². The first kappa shape index (κ1) is 14.2. The Kier molecular flexibility index (Phi) is 4.06. The molecule has 0 amide bonds. The van der Waals surface area contributed by atoms with E-state index in [0.717, 1.165) is 20.1 Å². The standard InChI is InChI=1S/C14H13BrO3S/c1-7-4-12-9(5-10(7)15)6-13(19-12)11(16)3-8(2)14(17)18/h4-6,8H,3H2,1-2H3,(H,17,18). The summed E-state index contributed by atoms with van der Waals surface area (Å²) in [6, 6.07) is 5.85. The molecule has 1 atom stereocenters. The van der Waals surface area contributed by atoms with Crippen molar-refractivity contribution in [2.75, 3.05) is 0 Å². The summed E-state index contributed by atoms with van der Waals surface area (Å²) in [6.45, 7) is 3.55. The average molecular weight is 341 g/mol. The summed E-state index contributed by atoms with van der Waals surface area (Å²) >= 11 is 4.88. The molecule has 0 radical (unpaired) electrons. The van der Waals surface area contributed by atoms with E-state index >= 15 is 0 Å². The van der Waals surface area contributed by atoms with Crippen molar-refractivity contribution >= 4 is 49.1 Å². The highest BCUT2D eigenvalue weighted by atomic mass is 79.9. The molecule has 0 saturated heterocycles. The number of halogens is 1. The lowest BCUT2D eigenvalue weighted by Crippen LogP contribution is -2.13. The van der Waals surface area contributed by atoms with Gasteiger partial charge in [0.25, 0.3) is 0 Å². The zero-order chi connectivity index (χ0) is 14.2. The maximum absolute atomic E-state index is 12.0. The van der Waals surface area contributed by atoms with E-state index in [4.69, 9.17) is 5.11 Å². The van der Waals surface area contributed by atoms with Crippen LogP contribution in [0.25, 0.3) is 10.1 Å². The van der Waals surface area contributed by atoms with E-state index in [0.29, 0.717) is 4.88 Å². The predicted octanol–water partition coefficient (Wildman–Crippen LogP) is 4.27. The van der Waals surface area contributed by atoms with Crippen molar-refractivity contribution in [2.24, 2.45) is 5.92 Å². The van der Waals surface area contributed by atoms with E-state index in [-0.39, 0.29) is 12.2 Å². The minimum atomic E-state index is -0.937. The number of carbonyl (C=O) groups excluding carboxylic acids is 1. The summed E-state index contributed by atoms with van der Waals surface area (Å²) in [5.41, 5.74) is 1.12. The van der Waals surface area contributed by atoms with E-state index < -0.39 is 11.9 Å². The fourth-order valence-electron chi connectivity index (χ4n) is 1.76. The van der Waals surface area contributed by atoms with Crippen LogP contribution in [0.1, 0.15) is 28.6 Å². The largest absolute Gasteiger partial charge is 0.481 e. The maximum atomic E-state index is 12.0. The number of hydrogen-bond acceptors (Lipinski definition) is 3. The Morgan fingerprint density at radius 2 is 2.05 bits per heavy atom. The molecule has 3 nitrogen and oxygen atoms in total. The lowest BCUT2D eigenvalue weighted by atomic mass is 10.0. The smallest absolute Gasteiger partial charge is 0.306 e. The molecule has 1 N–H and O–H groups in total. The summed E-state index contributed by atoms with van der Waals surface area (Å²) < 4.78 is 2.06. The van der Waals surface area contributed by atoms with Crippen molar-refractivity contribution in [3.05, 3.63) is 33.1 Å². The van der Waals surface area contributed by atoms with E-state index in [1.807, 2.05) is 25.1 Å². The molecule has 1 aromatic heterocycles. The molecular weight excluding hydrogens is 328 g/mol. The lowest BCUT2D eigenvalue weighted by Gasteiger charge is -2.02. The van der Waals surface area contributed by atoms with Gasteiger partial charge in [-0.15, -0.1) is 11.3 Å². The number of fused-ring (bicyclic) bond motifs is 1. The number of rotatable bonds is 4. The molecule has 1 unspecified atom stereocenters. The Morgan fingerprint density at radius 3 is 2.68 bits per heavy atom. The molecule has 0 spiro atoms. The third-order valence-corrected chi connectivity index (χ3v) is 4.98. The van der Waals surface area contributed by atoms with Crippen LogP contribution in [0.3, 0.4) is 0 Å². The van der Waals surface area contributed by atoms with Crippen molar-refractivity contribution in [1.82, 2.24) is 0 Å². The summed E-state index contributed by atoms with van der Waals surface area (Å²) in [4.78, 5) is 23.4. The summed E-state index contributed by atoms with van der Waals surface area (Å²) in [5, 5.41) is 9.84. The number of carbonyl (C=O) groups is 2. The minimum absolute atomic E-state index is 0.0440. The number of ketones is 1. The molecule has 100 valence electrons. The Hall–Kier alpha value is -1.20. The van der Waals surface area contributed by atoms with Gasteiger partial charge in [0, 0.05) is 15.6 Å².